The quantitative estimate of drug-likeness (QED) is 0.741. The molecule has 0 unspecified atom stereocenters. The standard InChI is InChI=1S/C12H11N3O2/c1-3-8-17-12-13-9-15(14-12)10-4-6-11(16-2)7-5-10/h1,4-7,9H,8H2,2H3. The summed E-state index contributed by atoms with van der Waals surface area (Å²) < 4.78 is 11.8. The molecule has 0 spiro atoms. The monoisotopic (exact) mass is 229 g/mol. The van der Waals surface area contributed by atoms with E-state index in [4.69, 9.17) is 15.9 Å². The fraction of sp³-hybridized carbons (Fsp3) is 0.167. The van der Waals surface area contributed by atoms with Crippen LogP contribution in [-0.2, 0) is 0 Å². The summed E-state index contributed by atoms with van der Waals surface area (Å²) in [6.07, 6.45) is 6.64. The maximum atomic E-state index is 5.10. The van der Waals surface area contributed by atoms with Crippen molar-refractivity contribution in [2.75, 3.05) is 13.7 Å². The van der Waals surface area contributed by atoms with E-state index >= 15 is 0 Å². The number of methoxy groups -OCH3 is 1. The van der Waals surface area contributed by atoms with E-state index in [9.17, 15) is 0 Å². The van der Waals surface area contributed by atoms with Gasteiger partial charge in [0.25, 0.3) is 0 Å². The summed E-state index contributed by atoms with van der Waals surface area (Å²) in [6, 6.07) is 7.70. The molecule has 0 amide bonds. The van der Waals surface area contributed by atoms with E-state index in [0.717, 1.165) is 11.4 Å². The van der Waals surface area contributed by atoms with Crippen molar-refractivity contribution in [2.45, 2.75) is 0 Å². The molecule has 1 aromatic carbocycles. The van der Waals surface area contributed by atoms with E-state index in [1.54, 1.807) is 18.1 Å². The minimum atomic E-state index is 0.159. The summed E-state index contributed by atoms with van der Waals surface area (Å²) in [5.41, 5.74) is 0.869. The van der Waals surface area contributed by atoms with Gasteiger partial charge in [0.15, 0.2) is 6.61 Å². The lowest BCUT2D eigenvalue weighted by atomic mass is 10.3. The zero-order chi connectivity index (χ0) is 12.1. The molecular weight excluding hydrogens is 218 g/mol. The highest BCUT2D eigenvalue weighted by Crippen LogP contribution is 2.14. The first-order valence-electron chi connectivity index (χ1n) is 4.96. The Bertz CT molecular complexity index is 525. The minimum absolute atomic E-state index is 0.159. The number of rotatable bonds is 4. The van der Waals surface area contributed by atoms with Crippen molar-refractivity contribution in [3.05, 3.63) is 30.6 Å². The number of hydrogen-bond acceptors (Lipinski definition) is 4. The topological polar surface area (TPSA) is 49.2 Å². The highest BCUT2D eigenvalue weighted by atomic mass is 16.5. The van der Waals surface area contributed by atoms with Crippen LogP contribution in [0.15, 0.2) is 30.6 Å². The molecule has 5 nitrogen and oxygen atoms in total. The van der Waals surface area contributed by atoms with Crippen molar-refractivity contribution in [1.82, 2.24) is 14.8 Å². The Labute approximate surface area is 99.0 Å². The Hall–Kier alpha value is -2.48. The Morgan fingerprint density at radius 2 is 2.12 bits per heavy atom. The maximum Gasteiger partial charge on any atom is 0.336 e. The molecule has 0 aliphatic carbocycles. The second kappa shape index (κ2) is 5.03. The van der Waals surface area contributed by atoms with Crippen LogP contribution < -0.4 is 9.47 Å². The molecule has 2 rings (SSSR count). The molecule has 17 heavy (non-hydrogen) atoms. The van der Waals surface area contributed by atoms with Gasteiger partial charge < -0.3 is 9.47 Å². The normalized spacial score (nSPS) is 9.65. The molecule has 1 aromatic heterocycles. The Morgan fingerprint density at radius 3 is 2.76 bits per heavy atom. The zero-order valence-corrected chi connectivity index (χ0v) is 9.33. The molecule has 2 aromatic rings. The van der Waals surface area contributed by atoms with Gasteiger partial charge in [-0.1, -0.05) is 5.92 Å². The lowest BCUT2D eigenvalue weighted by Crippen LogP contribution is -1.98. The molecule has 0 atom stereocenters. The van der Waals surface area contributed by atoms with Crippen LogP contribution in [0.5, 0.6) is 11.8 Å². The van der Waals surface area contributed by atoms with Crippen LogP contribution in [0.1, 0.15) is 0 Å². The first-order valence-corrected chi connectivity index (χ1v) is 4.96. The summed E-state index contributed by atoms with van der Waals surface area (Å²) >= 11 is 0. The fourth-order valence-electron chi connectivity index (χ4n) is 1.28. The van der Waals surface area contributed by atoms with Crippen molar-refractivity contribution in [3.63, 3.8) is 0 Å². The molecule has 0 saturated heterocycles. The number of nitrogens with zero attached hydrogens (tertiary/aromatic N) is 3. The van der Waals surface area contributed by atoms with E-state index in [0.29, 0.717) is 0 Å². The fourth-order valence-corrected chi connectivity index (χ4v) is 1.28. The van der Waals surface area contributed by atoms with Gasteiger partial charge in [0.2, 0.25) is 0 Å². The molecule has 0 aliphatic rings. The van der Waals surface area contributed by atoms with Gasteiger partial charge in [-0.3, -0.25) is 0 Å². The second-order valence-corrected chi connectivity index (χ2v) is 3.16. The highest BCUT2D eigenvalue weighted by molar-refractivity contribution is 5.36. The average molecular weight is 229 g/mol. The SMILES string of the molecule is C#CCOc1ncn(-c2ccc(OC)cc2)n1. The van der Waals surface area contributed by atoms with E-state index in [1.165, 1.54) is 0 Å². The summed E-state index contributed by atoms with van der Waals surface area (Å²) in [5.74, 6) is 3.14. The number of ether oxygens (including phenoxy) is 2. The first-order chi connectivity index (χ1) is 8.33. The van der Waals surface area contributed by atoms with Crippen molar-refractivity contribution in [2.24, 2.45) is 0 Å². The first kappa shape index (κ1) is 11.0. The van der Waals surface area contributed by atoms with Crippen LogP contribution in [0.3, 0.4) is 0 Å². The van der Waals surface area contributed by atoms with Gasteiger partial charge in [0, 0.05) is 0 Å². The predicted octanol–water partition coefficient (Wildman–Crippen LogP) is 1.29. The molecule has 0 N–H and O–H groups in total. The average Bonchev–Trinajstić information content (AvgIpc) is 2.85. The third-order valence-electron chi connectivity index (χ3n) is 2.09. The van der Waals surface area contributed by atoms with Gasteiger partial charge in [-0.25, -0.2) is 4.68 Å². The lowest BCUT2D eigenvalue weighted by Gasteiger charge is -2.02. The molecule has 0 saturated carbocycles. The van der Waals surface area contributed by atoms with Gasteiger partial charge >= 0.3 is 6.01 Å². The van der Waals surface area contributed by atoms with Crippen molar-refractivity contribution in [1.29, 1.82) is 0 Å². The summed E-state index contributed by atoms with van der Waals surface area (Å²) in [7, 11) is 1.62. The zero-order valence-electron chi connectivity index (χ0n) is 9.33. The second-order valence-electron chi connectivity index (χ2n) is 3.16. The maximum absolute atomic E-state index is 5.10. The summed E-state index contributed by atoms with van der Waals surface area (Å²) in [4.78, 5) is 3.98. The third kappa shape index (κ3) is 2.55. The van der Waals surface area contributed by atoms with Crippen LogP contribution >= 0.6 is 0 Å². The van der Waals surface area contributed by atoms with Crippen LogP contribution in [0.4, 0.5) is 0 Å². The third-order valence-corrected chi connectivity index (χ3v) is 2.09. The van der Waals surface area contributed by atoms with Crippen molar-refractivity contribution < 1.29 is 9.47 Å². The van der Waals surface area contributed by atoms with E-state index < -0.39 is 0 Å². The smallest absolute Gasteiger partial charge is 0.336 e. The predicted molar refractivity (Wildman–Crippen MR) is 62.2 cm³/mol. The van der Waals surface area contributed by atoms with Crippen molar-refractivity contribution in [3.8, 4) is 29.8 Å². The molecule has 86 valence electrons. The molecule has 0 aliphatic heterocycles. The number of hydrogen-bond donors (Lipinski definition) is 0. The largest absolute Gasteiger partial charge is 0.497 e. The van der Waals surface area contributed by atoms with Crippen LogP contribution in [0, 0.1) is 12.3 Å². The van der Waals surface area contributed by atoms with Crippen molar-refractivity contribution >= 4 is 0 Å². The van der Waals surface area contributed by atoms with Crippen LogP contribution in [0.2, 0.25) is 0 Å². The van der Waals surface area contributed by atoms with E-state index in [-0.39, 0.29) is 12.6 Å². The molecule has 1 heterocycles. The molecule has 0 fully saturated rings. The summed E-state index contributed by atoms with van der Waals surface area (Å²) in [5, 5.41) is 4.12. The van der Waals surface area contributed by atoms with Crippen LogP contribution in [0.25, 0.3) is 5.69 Å². The summed E-state index contributed by atoms with van der Waals surface area (Å²) in [6.45, 7) is 0.159. The molecular formula is C12H11N3O2. The minimum Gasteiger partial charge on any atom is -0.497 e. The Morgan fingerprint density at radius 1 is 1.35 bits per heavy atom. The number of benzene rings is 1. The van der Waals surface area contributed by atoms with Crippen LogP contribution in [-0.4, -0.2) is 28.5 Å². The molecule has 0 bridgehead atoms. The highest BCUT2D eigenvalue weighted by Gasteiger charge is 2.03. The number of aromatic nitrogens is 3. The van der Waals surface area contributed by atoms with Gasteiger partial charge in [0.1, 0.15) is 12.1 Å². The van der Waals surface area contributed by atoms with E-state index in [1.807, 2.05) is 24.3 Å². The lowest BCUT2D eigenvalue weighted by molar-refractivity contribution is 0.339. The number of terminal acetylenes is 1. The van der Waals surface area contributed by atoms with Gasteiger partial charge in [-0.2, -0.15) is 4.98 Å². The van der Waals surface area contributed by atoms with Gasteiger partial charge in [-0.05, 0) is 24.3 Å². The van der Waals surface area contributed by atoms with Gasteiger partial charge in [0.05, 0.1) is 12.8 Å². The van der Waals surface area contributed by atoms with E-state index in [2.05, 4.69) is 16.0 Å². The Kier molecular flexibility index (Phi) is 3.26. The van der Waals surface area contributed by atoms with Gasteiger partial charge in [-0.15, -0.1) is 11.5 Å². The molecule has 0 radical (unpaired) electrons. The molecule has 5 heteroatoms. The Balaban J connectivity index is 2.16.